The number of nitrogens with one attached hydrogen (secondary N) is 1. The summed E-state index contributed by atoms with van der Waals surface area (Å²) in [5, 5.41) is 23.1. The van der Waals surface area contributed by atoms with E-state index in [0.29, 0.717) is 12.8 Å². The summed E-state index contributed by atoms with van der Waals surface area (Å²) in [7, 11) is 0. The summed E-state index contributed by atoms with van der Waals surface area (Å²) >= 11 is 0. The number of amides is 1. The molecule has 3 N–H and O–H groups in total. The summed E-state index contributed by atoms with van der Waals surface area (Å²) in [6.45, 7) is 4.36. The van der Waals surface area contributed by atoms with E-state index < -0.39 is 12.1 Å². The summed E-state index contributed by atoms with van der Waals surface area (Å²) in [6.07, 6.45) is 47.1. The van der Waals surface area contributed by atoms with E-state index in [1.54, 1.807) is 0 Å². The highest BCUT2D eigenvalue weighted by Gasteiger charge is 2.19. The Kier molecular flexibility index (Phi) is 37.8. The van der Waals surface area contributed by atoms with Crippen molar-refractivity contribution in [1.29, 1.82) is 0 Å². The number of allylic oxidation sites excluding steroid dienone is 2. The van der Waals surface area contributed by atoms with Crippen molar-refractivity contribution in [2.75, 3.05) is 6.61 Å². The Labute approximate surface area is 288 Å². The summed E-state index contributed by atoms with van der Waals surface area (Å²) in [5.74, 6) is -0.0308. The van der Waals surface area contributed by atoms with Crippen molar-refractivity contribution in [1.82, 2.24) is 5.32 Å². The molecule has 46 heavy (non-hydrogen) atoms. The molecule has 0 aliphatic heterocycles. The lowest BCUT2D eigenvalue weighted by molar-refractivity contribution is -0.123. The summed E-state index contributed by atoms with van der Waals surface area (Å²) in [5.41, 5.74) is 0. The monoisotopic (exact) mass is 650 g/mol. The van der Waals surface area contributed by atoms with Gasteiger partial charge in [-0.1, -0.05) is 199 Å². The highest BCUT2D eigenvalue weighted by molar-refractivity contribution is 5.76. The van der Waals surface area contributed by atoms with Gasteiger partial charge in [0.25, 0.3) is 0 Å². The predicted octanol–water partition coefficient (Wildman–Crippen LogP) is 12.7. The molecule has 0 rings (SSSR count). The number of rotatable bonds is 38. The quantitative estimate of drug-likeness (QED) is 0.0460. The lowest BCUT2D eigenvalue weighted by atomic mass is 10.0. The van der Waals surface area contributed by atoms with E-state index in [4.69, 9.17) is 0 Å². The largest absolute Gasteiger partial charge is 0.394 e. The molecule has 0 saturated carbocycles. The van der Waals surface area contributed by atoms with Crippen LogP contribution in [0.5, 0.6) is 0 Å². The van der Waals surface area contributed by atoms with Crippen LogP contribution < -0.4 is 5.32 Å². The first-order valence-corrected chi connectivity index (χ1v) is 20.9. The number of aliphatic hydroxyl groups is 2. The fourth-order valence-corrected chi connectivity index (χ4v) is 6.53. The Balaban J connectivity index is 3.49. The molecular weight excluding hydrogens is 566 g/mol. The van der Waals surface area contributed by atoms with Gasteiger partial charge < -0.3 is 15.5 Å². The van der Waals surface area contributed by atoms with E-state index in [9.17, 15) is 15.0 Å². The maximum atomic E-state index is 12.4. The molecule has 1 amide bonds. The van der Waals surface area contributed by atoms with Gasteiger partial charge in [-0.3, -0.25) is 4.79 Å². The fraction of sp³-hybridized carbons (Fsp3) is 0.929. The van der Waals surface area contributed by atoms with Crippen molar-refractivity contribution in [2.24, 2.45) is 0 Å². The van der Waals surface area contributed by atoms with Gasteiger partial charge in [-0.2, -0.15) is 0 Å². The zero-order valence-corrected chi connectivity index (χ0v) is 31.4. The highest BCUT2D eigenvalue weighted by atomic mass is 16.3. The number of carbonyl (C=O) groups is 1. The van der Waals surface area contributed by atoms with E-state index >= 15 is 0 Å². The molecule has 274 valence electrons. The summed E-state index contributed by atoms with van der Waals surface area (Å²) in [6, 6.07) is -0.531. The SMILES string of the molecule is CCCCCCCCC=CCCCCCCCCCCCCCC(=O)NC(CO)C(O)CCCCCCCCCCCCCCC. The van der Waals surface area contributed by atoms with E-state index in [1.165, 1.54) is 180 Å². The van der Waals surface area contributed by atoms with Gasteiger partial charge in [0, 0.05) is 6.42 Å². The number of hydrogen-bond donors (Lipinski definition) is 3. The molecule has 0 aromatic carbocycles. The third-order valence-corrected chi connectivity index (χ3v) is 9.78. The fourth-order valence-electron chi connectivity index (χ4n) is 6.53. The molecule has 0 aliphatic rings. The normalized spacial score (nSPS) is 13.0. The molecule has 0 saturated heterocycles. The van der Waals surface area contributed by atoms with Crippen LogP contribution >= 0.6 is 0 Å². The predicted molar refractivity (Wildman–Crippen MR) is 202 cm³/mol. The average Bonchev–Trinajstić information content (AvgIpc) is 3.06. The smallest absolute Gasteiger partial charge is 0.220 e. The van der Waals surface area contributed by atoms with Gasteiger partial charge in [-0.05, 0) is 38.5 Å². The second kappa shape index (κ2) is 38.6. The van der Waals surface area contributed by atoms with Crippen LogP contribution in [0.4, 0.5) is 0 Å². The third-order valence-electron chi connectivity index (χ3n) is 9.78. The second-order valence-electron chi connectivity index (χ2n) is 14.4. The first-order valence-electron chi connectivity index (χ1n) is 20.9. The van der Waals surface area contributed by atoms with Gasteiger partial charge in [0.15, 0.2) is 0 Å². The Morgan fingerprint density at radius 1 is 0.500 bits per heavy atom. The number of hydrogen-bond acceptors (Lipinski definition) is 3. The van der Waals surface area contributed by atoms with Crippen LogP contribution in [0.2, 0.25) is 0 Å². The molecule has 0 fully saturated rings. The van der Waals surface area contributed by atoms with E-state index in [1.807, 2.05) is 0 Å². The van der Waals surface area contributed by atoms with Gasteiger partial charge in [0.2, 0.25) is 5.91 Å². The van der Waals surface area contributed by atoms with Crippen LogP contribution in [0, 0.1) is 0 Å². The van der Waals surface area contributed by atoms with Gasteiger partial charge in [0.05, 0.1) is 18.8 Å². The Morgan fingerprint density at radius 2 is 0.826 bits per heavy atom. The van der Waals surface area contributed by atoms with Gasteiger partial charge in [-0.25, -0.2) is 0 Å². The van der Waals surface area contributed by atoms with Crippen LogP contribution in [0.3, 0.4) is 0 Å². The number of unbranched alkanes of at least 4 members (excludes halogenated alkanes) is 29. The van der Waals surface area contributed by atoms with Crippen LogP contribution in [-0.4, -0.2) is 34.9 Å². The van der Waals surface area contributed by atoms with Gasteiger partial charge in [0.1, 0.15) is 0 Å². The van der Waals surface area contributed by atoms with Crippen molar-refractivity contribution in [2.45, 2.75) is 244 Å². The van der Waals surface area contributed by atoms with Crippen LogP contribution in [0.1, 0.15) is 232 Å². The maximum absolute atomic E-state index is 12.4. The zero-order valence-electron chi connectivity index (χ0n) is 31.4. The third kappa shape index (κ3) is 34.5. The lowest BCUT2D eigenvalue weighted by Crippen LogP contribution is -2.45. The molecule has 0 aromatic rings. The molecule has 0 aliphatic carbocycles. The minimum atomic E-state index is -0.654. The molecule has 0 radical (unpaired) electrons. The molecular formula is C42H83NO3. The lowest BCUT2D eigenvalue weighted by Gasteiger charge is -2.22. The van der Waals surface area contributed by atoms with E-state index in [-0.39, 0.29) is 12.5 Å². The standard InChI is InChI=1S/C42H83NO3/c1-3-5-7-9-11-13-15-17-18-19-20-21-22-23-24-26-28-30-32-34-36-38-42(46)43-40(39-44)41(45)37-35-33-31-29-27-25-16-14-12-10-8-6-4-2/h17-18,40-41,44-45H,3-16,19-39H2,1-2H3,(H,43,46). The van der Waals surface area contributed by atoms with Crippen LogP contribution in [-0.2, 0) is 4.79 Å². The highest BCUT2D eigenvalue weighted by Crippen LogP contribution is 2.16. The molecule has 0 aromatic heterocycles. The molecule has 2 unspecified atom stereocenters. The molecule has 0 heterocycles. The summed E-state index contributed by atoms with van der Waals surface area (Å²) in [4.78, 5) is 12.4. The molecule has 2 atom stereocenters. The van der Waals surface area contributed by atoms with Crippen molar-refractivity contribution < 1.29 is 15.0 Å². The van der Waals surface area contributed by atoms with Crippen molar-refractivity contribution >= 4 is 5.91 Å². The Morgan fingerprint density at radius 3 is 1.20 bits per heavy atom. The van der Waals surface area contributed by atoms with Crippen molar-refractivity contribution in [3.05, 3.63) is 12.2 Å². The van der Waals surface area contributed by atoms with Crippen molar-refractivity contribution in [3.8, 4) is 0 Å². The first-order chi connectivity index (χ1) is 22.7. The van der Waals surface area contributed by atoms with E-state index in [2.05, 4.69) is 31.3 Å². The topological polar surface area (TPSA) is 69.6 Å². The molecule has 0 bridgehead atoms. The minimum absolute atomic E-state index is 0.0308. The number of aliphatic hydroxyl groups excluding tert-OH is 2. The van der Waals surface area contributed by atoms with Crippen LogP contribution in [0.25, 0.3) is 0 Å². The van der Waals surface area contributed by atoms with Crippen LogP contribution in [0.15, 0.2) is 12.2 Å². The average molecular weight is 650 g/mol. The maximum Gasteiger partial charge on any atom is 0.220 e. The second-order valence-corrected chi connectivity index (χ2v) is 14.4. The number of carbonyl (C=O) groups excluding carboxylic acids is 1. The minimum Gasteiger partial charge on any atom is -0.394 e. The first kappa shape index (κ1) is 45.1. The summed E-state index contributed by atoms with van der Waals surface area (Å²) < 4.78 is 0. The Hall–Kier alpha value is -0.870. The van der Waals surface area contributed by atoms with Gasteiger partial charge >= 0.3 is 0 Å². The van der Waals surface area contributed by atoms with Gasteiger partial charge in [-0.15, -0.1) is 0 Å². The van der Waals surface area contributed by atoms with Crippen molar-refractivity contribution in [3.63, 3.8) is 0 Å². The molecule has 0 spiro atoms. The Bertz CT molecular complexity index is 622. The van der Waals surface area contributed by atoms with E-state index in [0.717, 1.165) is 25.7 Å². The molecule has 4 nitrogen and oxygen atoms in total. The zero-order chi connectivity index (χ0) is 33.6. The molecule has 4 heteroatoms.